The Labute approximate surface area is 88.6 Å². The van der Waals surface area contributed by atoms with Crippen molar-refractivity contribution < 1.29 is 14.7 Å². The second kappa shape index (κ2) is 5.55. The fraction of sp³-hybridized carbons (Fsp3) is 0.778. The van der Waals surface area contributed by atoms with E-state index in [0.29, 0.717) is 0 Å². The molecule has 0 saturated carbocycles. The molecule has 0 aromatic heterocycles. The minimum absolute atomic E-state index is 0.0209. The van der Waals surface area contributed by atoms with Crippen LogP contribution in [0.4, 0.5) is 4.79 Å². The number of carboxylic acid groups (broad SMARTS) is 1. The van der Waals surface area contributed by atoms with Crippen LogP contribution < -0.4 is 10.6 Å². The van der Waals surface area contributed by atoms with Crippen LogP contribution in [0.5, 0.6) is 0 Å². The summed E-state index contributed by atoms with van der Waals surface area (Å²) in [4.78, 5) is 23.5. The van der Waals surface area contributed by atoms with E-state index in [1.54, 1.807) is 0 Å². The van der Waals surface area contributed by atoms with Crippen molar-refractivity contribution in [1.82, 2.24) is 15.5 Å². The van der Waals surface area contributed by atoms with Crippen molar-refractivity contribution >= 4 is 12.0 Å². The van der Waals surface area contributed by atoms with Gasteiger partial charge in [-0.2, -0.15) is 0 Å². The van der Waals surface area contributed by atoms with E-state index in [9.17, 15) is 9.59 Å². The third kappa shape index (κ3) is 4.16. The summed E-state index contributed by atoms with van der Waals surface area (Å²) in [6.45, 7) is 0.617. The van der Waals surface area contributed by atoms with E-state index in [2.05, 4.69) is 15.5 Å². The normalized spacial score (nSPS) is 22.1. The number of hydrogen-bond donors (Lipinski definition) is 3. The van der Waals surface area contributed by atoms with Gasteiger partial charge in [-0.15, -0.1) is 0 Å². The maximum Gasteiger partial charge on any atom is 0.323 e. The topological polar surface area (TPSA) is 81.7 Å². The number of amides is 2. The van der Waals surface area contributed by atoms with Crippen LogP contribution in [-0.4, -0.2) is 48.3 Å². The molecule has 1 atom stereocenters. The summed E-state index contributed by atoms with van der Waals surface area (Å²) in [6.07, 6.45) is 3.17. The molecule has 2 amide bonds. The van der Waals surface area contributed by atoms with Gasteiger partial charge >= 0.3 is 12.0 Å². The number of likely N-dealkylation sites (tertiary alicyclic amines) is 1. The van der Waals surface area contributed by atoms with E-state index in [4.69, 9.17) is 5.11 Å². The molecule has 0 aromatic rings. The lowest BCUT2D eigenvalue weighted by Gasteiger charge is -2.32. The molecule has 0 bridgehead atoms. The fourth-order valence-corrected chi connectivity index (χ4v) is 1.62. The fourth-order valence-electron chi connectivity index (χ4n) is 1.62. The first kappa shape index (κ1) is 11.8. The van der Waals surface area contributed by atoms with Gasteiger partial charge in [-0.1, -0.05) is 0 Å². The molecule has 0 radical (unpaired) electrons. The van der Waals surface area contributed by atoms with Gasteiger partial charge in [0, 0.05) is 0 Å². The number of nitrogens with zero attached hydrogens (tertiary/aromatic N) is 1. The Morgan fingerprint density at radius 1 is 1.47 bits per heavy atom. The predicted molar refractivity (Wildman–Crippen MR) is 54.4 cm³/mol. The zero-order valence-corrected chi connectivity index (χ0v) is 8.82. The average molecular weight is 215 g/mol. The lowest BCUT2D eigenvalue weighted by Crippen LogP contribution is -2.52. The Kier molecular flexibility index (Phi) is 4.36. The van der Waals surface area contributed by atoms with Gasteiger partial charge in [0.25, 0.3) is 0 Å². The predicted octanol–water partition coefficient (Wildman–Crippen LogP) is -0.188. The summed E-state index contributed by atoms with van der Waals surface area (Å²) in [6, 6.07) is -0.420. The number of aliphatic carboxylic acids is 1. The van der Waals surface area contributed by atoms with Crippen molar-refractivity contribution in [3.63, 3.8) is 0 Å². The summed E-state index contributed by atoms with van der Waals surface area (Å²) in [5.74, 6) is -1.04. The molecule has 3 N–H and O–H groups in total. The molecule has 1 aliphatic heterocycles. The van der Waals surface area contributed by atoms with Gasteiger partial charge in [0.05, 0.1) is 6.17 Å². The van der Waals surface area contributed by atoms with Crippen LogP contribution in [0.1, 0.15) is 19.3 Å². The van der Waals surface area contributed by atoms with Crippen molar-refractivity contribution in [1.29, 1.82) is 0 Å². The molecular formula is C9H17N3O3. The summed E-state index contributed by atoms with van der Waals surface area (Å²) in [5, 5.41) is 13.4. The number of nitrogens with one attached hydrogen (secondary N) is 2. The van der Waals surface area contributed by atoms with Gasteiger partial charge < -0.3 is 15.7 Å². The highest BCUT2D eigenvalue weighted by Gasteiger charge is 2.20. The molecule has 0 aromatic carbocycles. The molecular weight excluding hydrogens is 198 g/mol. The highest BCUT2D eigenvalue weighted by atomic mass is 16.4. The first-order valence-corrected chi connectivity index (χ1v) is 5.06. The molecule has 1 fully saturated rings. The van der Waals surface area contributed by atoms with Crippen LogP contribution in [0.15, 0.2) is 0 Å². The summed E-state index contributed by atoms with van der Waals surface area (Å²) >= 11 is 0. The third-order valence-electron chi connectivity index (χ3n) is 2.47. The zero-order valence-electron chi connectivity index (χ0n) is 8.82. The molecule has 1 rings (SSSR count). The van der Waals surface area contributed by atoms with Crippen molar-refractivity contribution in [2.75, 3.05) is 20.1 Å². The number of carbonyl (C=O) groups is 2. The van der Waals surface area contributed by atoms with Crippen LogP contribution >= 0.6 is 0 Å². The van der Waals surface area contributed by atoms with Crippen LogP contribution in [0, 0.1) is 0 Å². The average Bonchev–Trinajstić information content (AvgIpc) is 2.18. The van der Waals surface area contributed by atoms with E-state index in [1.807, 2.05) is 7.05 Å². The van der Waals surface area contributed by atoms with Crippen LogP contribution in [0.3, 0.4) is 0 Å². The Morgan fingerprint density at radius 2 is 2.20 bits per heavy atom. The molecule has 0 aliphatic carbocycles. The Balaban J connectivity index is 2.26. The first-order chi connectivity index (χ1) is 7.09. The monoisotopic (exact) mass is 215 g/mol. The molecule has 15 heavy (non-hydrogen) atoms. The van der Waals surface area contributed by atoms with Crippen LogP contribution in [-0.2, 0) is 4.79 Å². The minimum atomic E-state index is -1.04. The molecule has 1 saturated heterocycles. The maximum absolute atomic E-state index is 11.2. The Morgan fingerprint density at radius 3 is 2.80 bits per heavy atom. The van der Waals surface area contributed by atoms with Crippen molar-refractivity contribution in [3.8, 4) is 0 Å². The molecule has 1 unspecified atom stereocenters. The second-order valence-electron chi connectivity index (χ2n) is 3.71. The van der Waals surface area contributed by atoms with Gasteiger partial charge in [-0.05, 0) is 32.9 Å². The van der Waals surface area contributed by atoms with Crippen molar-refractivity contribution in [3.05, 3.63) is 0 Å². The number of rotatable bonds is 3. The zero-order chi connectivity index (χ0) is 11.3. The summed E-state index contributed by atoms with van der Waals surface area (Å²) < 4.78 is 0. The van der Waals surface area contributed by atoms with Crippen molar-refractivity contribution in [2.45, 2.75) is 25.4 Å². The highest BCUT2D eigenvalue weighted by Crippen LogP contribution is 2.12. The summed E-state index contributed by atoms with van der Waals surface area (Å²) in [7, 11) is 1.95. The van der Waals surface area contributed by atoms with Crippen LogP contribution in [0.25, 0.3) is 0 Å². The third-order valence-corrected chi connectivity index (χ3v) is 2.47. The first-order valence-electron chi connectivity index (χ1n) is 5.06. The summed E-state index contributed by atoms with van der Waals surface area (Å²) in [5.41, 5.74) is 0. The lowest BCUT2D eigenvalue weighted by atomic mass is 10.1. The number of carbonyl (C=O) groups excluding carboxylic acids is 1. The molecule has 6 nitrogen and oxygen atoms in total. The van der Waals surface area contributed by atoms with Crippen LogP contribution in [0.2, 0.25) is 0 Å². The Bertz CT molecular complexity index is 245. The van der Waals surface area contributed by atoms with E-state index >= 15 is 0 Å². The molecule has 1 aliphatic rings. The smallest absolute Gasteiger partial charge is 0.323 e. The van der Waals surface area contributed by atoms with Gasteiger partial charge in [0.15, 0.2) is 0 Å². The van der Waals surface area contributed by atoms with Gasteiger partial charge in [-0.3, -0.25) is 9.69 Å². The van der Waals surface area contributed by atoms with Gasteiger partial charge in [0.2, 0.25) is 0 Å². The van der Waals surface area contributed by atoms with E-state index < -0.39 is 12.0 Å². The Hall–Kier alpha value is -1.30. The number of hydrogen-bond acceptors (Lipinski definition) is 3. The number of piperidine rings is 1. The van der Waals surface area contributed by atoms with E-state index in [-0.39, 0.29) is 12.7 Å². The largest absolute Gasteiger partial charge is 0.480 e. The lowest BCUT2D eigenvalue weighted by molar-refractivity contribution is -0.135. The quantitative estimate of drug-likeness (QED) is 0.609. The SMILES string of the molecule is CN1CCCCC1NC(=O)NCC(=O)O. The van der Waals surface area contributed by atoms with E-state index in [0.717, 1.165) is 25.8 Å². The van der Waals surface area contributed by atoms with Gasteiger partial charge in [0.1, 0.15) is 6.54 Å². The standard InChI is InChI=1S/C9H17N3O3/c1-12-5-3-2-4-7(12)11-9(15)10-6-8(13)14/h7H,2-6H2,1H3,(H,13,14)(H2,10,11,15). The van der Waals surface area contributed by atoms with Gasteiger partial charge in [-0.25, -0.2) is 4.79 Å². The maximum atomic E-state index is 11.2. The highest BCUT2D eigenvalue weighted by molar-refractivity contribution is 5.79. The molecule has 6 heteroatoms. The molecule has 86 valence electrons. The number of carboxylic acids is 1. The van der Waals surface area contributed by atoms with Crippen molar-refractivity contribution in [2.24, 2.45) is 0 Å². The number of urea groups is 1. The molecule has 0 spiro atoms. The van der Waals surface area contributed by atoms with E-state index in [1.165, 1.54) is 0 Å². The minimum Gasteiger partial charge on any atom is -0.480 e. The second-order valence-corrected chi connectivity index (χ2v) is 3.71. The molecule has 1 heterocycles.